The van der Waals surface area contributed by atoms with E-state index in [0.29, 0.717) is 18.7 Å². The molecule has 0 spiro atoms. The highest BCUT2D eigenvalue weighted by molar-refractivity contribution is 7.88. The predicted octanol–water partition coefficient (Wildman–Crippen LogP) is 1.54. The van der Waals surface area contributed by atoms with E-state index in [9.17, 15) is 13.2 Å². The van der Waals surface area contributed by atoms with Crippen LogP contribution >= 0.6 is 12.4 Å². The van der Waals surface area contributed by atoms with E-state index in [-0.39, 0.29) is 29.8 Å². The molecule has 1 aliphatic rings. The lowest BCUT2D eigenvalue weighted by Gasteiger charge is -2.34. The number of esters is 1. The van der Waals surface area contributed by atoms with Gasteiger partial charge in [0.1, 0.15) is 0 Å². The Morgan fingerprint density at radius 2 is 2.04 bits per heavy atom. The minimum Gasteiger partial charge on any atom is -0.465 e. The minimum absolute atomic E-state index is 0. The number of carbonyl (C=O) groups is 1. The molecule has 0 bridgehead atoms. The highest BCUT2D eigenvalue weighted by Gasteiger charge is 2.32. The van der Waals surface area contributed by atoms with Gasteiger partial charge in [-0.05, 0) is 24.5 Å². The topological polar surface area (TPSA) is 89.7 Å². The zero-order valence-corrected chi connectivity index (χ0v) is 14.7. The number of nitrogens with zero attached hydrogens (tertiary/aromatic N) is 1. The predicted molar refractivity (Wildman–Crippen MR) is 91.1 cm³/mol. The van der Waals surface area contributed by atoms with Crippen LogP contribution in [0.3, 0.4) is 0 Å². The fourth-order valence-corrected chi connectivity index (χ4v) is 4.67. The molecule has 0 amide bonds. The highest BCUT2D eigenvalue weighted by Crippen LogP contribution is 2.23. The van der Waals surface area contributed by atoms with Gasteiger partial charge >= 0.3 is 5.97 Å². The number of hydrogen-bond acceptors (Lipinski definition) is 5. The molecule has 0 aromatic heterocycles. The van der Waals surface area contributed by atoms with E-state index < -0.39 is 16.0 Å². The molecule has 1 fully saturated rings. The van der Waals surface area contributed by atoms with Crippen LogP contribution in [0.15, 0.2) is 24.3 Å². The van der Waals surface area contributed by atoms with E-state index in [2.05, 4.69) is 0 Å². The summed E-state index contributed by atoms with van der Waals surface area (Å²) in [4.78, 5) is 11.8. The van der Waals surface area contributed by atoms with Gasteiger partial charge in [-0.15, -0.1) is 12.4 Å². The molecule has 8 heteroatoms. The summed E-state index contributed by atoms with van der Waals surface area (Å²) in [6.45, 7) is 0.808. The smallest absolute Gasteiger partial charge is 0.338 e. The molecule has 1 saturated heterocycles. The molecule has 0 radical (unpaired) electrons. The molecule has 1 unspecified atom stereocenters. The summed E-state index contributed by atoms with van der Waals surface area (Å²) in [6.07, 6.45) is 2.62. The molecule has 130 valence electrons. The van der Waals surface area contributed by atoms with Crippen molar-refractivity contribution in [3.05, 3.63) is 35.4 Å². The Morgan fingerprint density at radius 3 is 2.70 bits per heavy atom. The molecule has 1 atom stereocenters. The number of nitrogens with two attached hydrogens (primary N) is 1. The Balaban J connectivity index is 0.00000264. The third kappa shape index (κ3) is 4.67. The summed E-state index contributed by atoms with van der Waals surface area (Å²) >= 11 is 0. The van der Waals surface area contributed by atoms with Crippen molar-refractivity contribution < 1.29 is 17.9 Å². The lowest BCUT2D eigenvalue weighted by Crippen LogP contribution is -2.47. The maximum Gasteiger partial charge on any atom is 0.338 e. The lowest BCUT2D eigenvalue weighted by atomic mass is 10.1. The summed E-state index contributed by atoms with van der Waals surface area (Å²) in [5.74, 6) is -0.741. The van der Waals surface area contributed by atoms with E-state index in [1.54, 1.807) is 24.3 Å². The maximum absolute atomic E-state index is 12.7. The second-order valence-electron chi connectivity index (χ2n) is 5.40. The van der Waals surface area contributed by atoms with Crippen molar-refractivity contribution in [1.82, 2.24) is 4.31 Å². The zero-order chi connectivity index (χ0) is 16.2. The number of benzene rings is 1. The SMILES string of the molecule is COC(=O)c1ccccc1CS(=O)(=O)N1CCCCC1CN.Cl. The van der Waals surface area contributed by atoms with Crippen molar-refractivity contribution in [3.8, 4) is 0 Å². The second-order valence-corrected chi connectivity index (χ2v) is 7.32. The van der Waals surface area contributed by atoms with E-state index >= 15 is 0 Å². The van der Waals surface area contributed by atoms with E-state index in [0.717, 1.165) is 19.3 Å². The normalized spacial score (nSPS) is 19.0. The fourth-order valence-electron chi connectivity index (χ4n) is 2.81. The quantitative estimate of drug-likeness (QED) is 0.802. The summed E-state index contributed by atoms with van der Waals surface area (Å²) in [5, 5.41) is 0. The Bertz CT molecular complexity index is 636. The van der Waals surface area contributed by atoms with Crippen LogP contribution in [0.1, 0.15) is 35.2 Å². The van der Waals surface area contributed by atoms with Crippen molar-refractivity contribution in [3.63, 3.8) is 0 Å². The van der Waals surface area contributed by atoms with Crippen LogP contribution in [-0.4, -0.2) is 44.9 Å². The molecule has 1 aromatic carbocycles. The standard InChI is InChI=1S/C15H22N2O4S.ClH/c1-21-15(18)14-8-3-2-6-12(14)11-22(19,20)17-9-5-4-7-13(17)10-16;/h2-3,6,8,13H,4-5,7,9-11,16H2,1H3;1H. The Labute approximate surface area is 143 Å². The van der Waals surface area contributed by atoms with Crippen LogP contribution in [0.2, 0.25) is 0 Å². The van der Waals surface area contributed by atoms with E-state index in [1.807, 2.05) is 0 Å². The number of carbonyl (C=O) groups excluding carboxylic acids is 1. The molecular formula is C15H23ClN2O4S. The van der Waals surface area contributed by atoms with Crippen molar-refractivity contribution >= 4 is 28.4 Å². The Morgan fingerprint density at radius 1 is 1.35 bits per heavy atom. The summed E-state index contributed by atoms with van der Waals surface area (Å²) in [7, 11) is -2.24. The van der Waals surface area contributed by atoms with Gasteiger partial charge in [0.2, 0.25) is 10.0 Å². The molecule has 0 saturated carbocycles. The lowest BCUT2D eigenvalue weighted by molar-refractivity contribution is 0.0600. The number of piperidine rings is 1. The first-order valence-electron chi connectivity index (χ1n) is 7.35. The first kappa shape index (κ1) is 19.9. The van der Waals surface area contributed by atoms with Gasteiger partial charge in [-0.1, -0.05) is 24.6 Å². The number of halogens is 1. The largest absolute Gasteiger partial charge is 0.465 e. The van der Waals surface area contributed by atoms with Crippen LogP contribution in [0.4, 0.5) is 0 Å². The molecule has 1 aliphatic heterocycles. The Kier molecular flexibility index (Phi) is 7.47. The molecule has 6 nitrogen and oxygen atoms in total. The average molecular weight is 363 g/mol. The molecular weight excluding hydrogens is 340 g/mol. The molecule has 2 rings (SSSR count). The molecule has 1 heterocycles. The van der Waals surface area contributed by atoms with Gasteiger partial charge in [0.15, 0.2) is 0 Å². The number of rotatable bonds is 5. The van der Waals surface area contributed by atoms with Crippen LogP contribution in [-0.2, 0) is 20.5 Å². The van der Waals surface area contributed by atoms with Crippen molar-refractivity contribution in [2.24, 2.45) is 5.73 Å². The van der Waals surface area contributed by atoms with Crippen LogP contribution in [0.5, 0.6) is 0 Å². The van der Waals surface area contributed by atoms with Crippen molar-refractivity contribution in [1.29, 1.82) is 0 Å². The van der Waals surface area contributed by atoms with Gasteiger partial charge in [-0.2, -0.15) is 4.31 Å². The van der Waals surface area contributed by atoms with Crippen molar-refractivity contribution in [2.75, 3.05) is 20.2 Å². The molecule has 23 heavy (non-hydrogen) atoms. The number of sulfonamides is 1. The van der Waals surface area contributed by atoms with E-state index in [1.165, 1.54) is 11.4 Å². The third-order valence-electron chi connectivity index (χ3n) is 3.96. The van der Waals surface area contributed by atoms with Crippen molar-refractivity contribution in [2.45, 2.75) is 31.1 Å². The molecule has 1 aromatic rings. The average Bonchev–Trinajstić information content (AvgIpc) is 2.54. The summed E-state index contributed by atoms with van der Waals surface area (Å²) in [6, 6.07) is 6.47. The first-order chi connectivity index (χ1) is 10.5. The Hall–Kier alpha value is -1.15. The van der Waals surface area contributed by atoms with Gasteiger partial charge in [0.25, 0.3) is 0 Å². The minimum atomic E-state index is -3.52. The summed E-state index contributed by atoms with van der Waals surface area (Å²) in [5.41, 5.74) is 6.44. The first-order valence-corrected chi connectivity index (χ1v) is 8.96. The number of methoxy groups -OCH3 is 1. The second kappa shape index (κ2) is 8.63. The summed E-state index contributed by atoms with van der Waals surface area (Å²) < 4.78 is 31.6. The fraction of sp³-hybridized carbons (Fsp3) is 0.533. The highest BCUT2D eigenvalue weighted by atomic mass is 35.5. The van der Waals surface area contributed by atoms with Crippen LogP contribution in [0.25, 0.3) is 0 Å². The zero-order valence-electron chi connectivity index (χ0n) is 13.1. The van der Waals surface area contributed by atoms with Gasteiger partial charge in [0.05, 0.1) is 18.4 Å². The van der Waals surface area contributed by atoms with Gasteiger partial charge in [0, 0.05) is 19.1 Å². The third-order valence-corrected chi connectivity index (χ3v) is 5.83. The van der Waals surface area contributed by atoms with Gasteiger partial charge in [-0.25, -0.2) is 13.2 Å². The van der Waals surface area contributed by atoms with Gasteiger partial charge in [-0.3, -0.25) is 0 Å². The van der Waals surface area contributed by atoms with E-state index in [4.69, 9.17) is 10.5 Å². The number of hydrogen-bond donors (Lipinski definition) is 1. The number of ether oxygens (including phenoxy) is 1. The molecule has 2 N–H and O–H groups in total. The molecule has 0 aliphatic carbocycles. The van der Waals surface area contributed by atoms with Gasteiger partial charge < -0.3 is 10.5 Å². The monoisotopic (exact) mass is 362 g/mol. The van der Waals surface area contributed by atoms with Crippen LogP contribution in [0, 0.1) is 0 Å². The maximum atomic E-state index is 12.7. The van der Waals surface area contributed by atoms with Crippen LogP contribution < -0.4 is 5.73 Å².